The SMILES string of the molecule is COCC(C)NCc1ccc(OC)c(Nc2ccccc2-n2cccn2)c1. The van der Waals surface area contributed by atoms with Crippen LogP contribution in [0.3, 0.4) is 0 Å². The van der Waals surface area contributed by atoms with Gasteiger partial charge in [0.05, 0.1) is 30.8 Å². The van der Waals surface area contributed by atoms with Gasteiger partial charge in [-0.2, -0.15) is 5.10 Å². The van der Waals surface area contributed by atoms with Gasteiger partial charge in [-0.25, -0.2) is 4.68 Å². The van der Waals surface area contributed by atoms with Crippen LogP contribution < -0.4 is 15.4 Å². The predicted octanol–water partition coefficient (Wildman–Crippen LogP) is 3.75. The summed E-state index contributed by atoms with van der Waals surface area (Å²) in [6.45, 7) is 3.54. The van der Waals surface area contributed by atoms with E-state index in [1.165, 1.54) is 0 Å². The molecule has 142 valence electrons. The molecule has 6 heteroatoms. The fourth-order valence-electron chi connectivity index (χ4n) is 2.90. The quantitative estimate of drug-likeness (QED) is 0.604. The van der Waals surface area contributed by atoms with E-state index in [1.54, 1.807) is 20.4 Å². The van der Waals surface area contributed by atoms with E-state index in [-0.39, 0.29) is 6.04 Å². The third-order valence-corrected chi connectivity index (χ3v) is 4.26. The molecule has 0 aliphatic heterocycles. The third kappa shape index (κ3) is 4.87. The average molecular weight is 366 g/mol. The lowest BCUT2D eigenvalue weighted by atomic mass is 10.1. The number of hydrogen-bond acceptors (Lipinski definition) is 5. The van der Waals surface area contributed by atoms with E-state index < -0.39 is 0 Å². The van der Waals surface area contributed by atoms with Crippen LogP contribution in [0.5, 0.6) is 5.75 Å². The second-order valence-electron chi connectivity index (χ2n) is 6.36. The maximum atomic E-state index is 5.54. The minimum Gasteiger partial charge on any atom is -0.495 e. The van der Waals surface area contributed by atoms with Crippen molar-refractivity contribution in [3.8, 4) is 11.4 Å². The molecule has 0 saturated heterocycles. The molecule has 6 nitrogen and oxygen atoms in total. The third-order valence-electron chi connectivity index (χ3n) is 4.26. The number of methoxy groups -OCH3 is 2. The minimum absolute atomic E-state index is 0.286. The summed E-state index contributed by atoms with van der Waals surface area (Å²) in [5, 5.41) is 11.3. The lowest BCUT2D eigenvalue weighted by Crippen LogP contribution is -2.29. The number of para-hydroxylation sites is 2. The summed E-state index contributed by atoms with van der Waals surface area (Å²) in [6.07, 6.45) is 3.69. The molecule has 0 bridgehead atoms. The highest BCUT2D eigenvalue weighted by molar-refractivity contribution is 5.73. The Bertz CT molecular complexity index is 849. The van der Waals surface area contributed by atoms with Gasteiger partial charge >= 0.3 is 0 Å². The molecule has 0 saturated carbocycles. The van der Waals surface area contributed by atoms with Crippen LogP contribution in [-0.4, -0.2) is 36.6 Å². The summed E-state index contributed by atoms with van der Waals surface area (Å²) in [7, 11) is 3.39. The van der Waals surface area contributed by atoms with Gasteiger partial charge in [-0.05, 0) is 42.8 Å². The Morgan fingerprint density at radius 3 is 2.67 bits per heavy atom. The molecule has 1 heterocycles. The summed E-state index contributed by atoms with van der Waals surface area (Å²) < 4.78 is 12.6. The number of aromatic nitrogens is 2. The number of nitrogens with zero attached hydrogens (tertiary/aromatic N) is 2. The second-order valence-corrected chi connectivity index (χ2v) is 6.36. The first kappa shape index (κ1) is 18.9. The second kappa shape index (κ2) is 9.21. The molecular weight excluding hydrogens is 340 g/mol. The van der Waals surface area contributed by atoms with Crippen molar-refractivity contribution in [3.05, 3.63) is 66.5 Å². The maximum absolute atomic E-state index is 5.54. The Balaban J connectivity index is 1.83. The number of anilines is 2. The molecule has 3 rings (SSSR count). The Labute approximate surface area is 160 Å². The van der Waals surface area contributed by atoms with Gasteiger partial charge in [0.1, 0.15) is 5.75 Å². The summed E-state index contributed by atoms with van der Waals surface area (Å²) in [5.74, 6) is 0.791. The van der Waals surface area contributed by atoms with Crippen LogP contribution in [0.15, 0.2) is 60.9 Å². The Morgan fingerprint density at radius 1 is 1.07 bits per heavy atom. The van der Waals surface area contributed by atoms with Gasteiger partial charge in [0.2, 0.25) is 0 Å². The Kier molecular flexibility index (Phi) is 6.46. The Hall–Kier alpha value is -2.83. The molecule has 0 radical (unpaired) electrons. The van der Waals surface area contributed by atoms with Gasteiger partial charge in [-0.3, -0.25) is 0 Å². The highest BCUT2D eigenvalue weighted by Gasteiger charge is 2.10. The molecule has 0 fully saturated rings. The standard InChI is InChI=1S/C21H26N4O2/c1-16(15-26-2)22-14-17-9-10-21(27-3)19(13-17)24-18-7-4-5-8-20(18)25-12-6-11-23-25/h4-13,16,22,24H,14-15H2,1-3H3. The molecule has 0 spiro atoms. The van der Waals surface area contributed by atoms with E-state index >= 15 is 0 Å². The smallest absolute Gasteiger partial charge is 0.142 e. The van der Waals surface area contributed by atoms with Crippen molar-refractivity contribution in [1.82, 2.24) is 15.1 Å². The van der Waals surface area contributed by atoms with E-state index in [0.29, 0.717) is 6.61 Å². The first-order chi connectivity index (χ1) is 13.2. The van der Waals surface area contributed by atoms with Crippen LogP contribution >= 0.6 is 0 Å². The fourth-order valence-corrected chi connectivity index (χ4v) is 2.90. The van der Waals surface area contributed by atoms with Crippen LogP contribution in [0.2, 0.25) is 0 Å². The summed E-state index contributed by atoms with van der Waals surface area (Å²) >= 11 is 0. The molecule has 2 N–H and O–H groups in total. The van der Waals surface area contributed by atoms with E-state index in [9.17, 15) is 0 Å². The van der Waals surface area contributed by atoms with Gasteiger partial charge in [0, 0.05) is 32.1 Å². The summed E-state index contributed by atoms with van der Waals surface area (Å²) in [5.41, 5.74) is 4.01. The highest BCUT2D eigenvalue weighted by atomic mass is 16.5. The molecule has 0 amide bonds. The van der Waals surface area contributed by atoms with Crippen LogP contribution in [0.1, 0.15) is 12.5 Å². The fraction of sp³-hybridized carbons (Fsp3) is 0.286. The highest BCUT2D eigenvalue weighted by Crippen LogP contribution is 2.31. The van der Waals surface area contributed by atoms with Gasteiger partial charge in [-0.1, -0.05) is 18.2 Å². The summed E-state index contributed by atoms with van der Waals surface area (Å²) in [4.78, 5) is 0. The zero-order valence-corrected chi connectivity index (χ0v) is 16.0. The monoisotopic (exact) mass is 366 g/mol. The first-order valence-corrected chi connectivity index (χ1v) is 8.96. The van der Waals surface area contributed by atoms with Crippen LogP contribution in [0, 0.1) is 0 Å². The van der Waals surface area contributed by atoms with Crippen molar-refractivity contribution < 1.29 is 9.47 Å². The van der Waals surface area contributed by atoms with Gasteiger partial charge < -0.3 is 20.1 Å². The van der Waals surface area contributed by atoms with Crippen molar-refractivity contribution in [2.24, 2.45) is 0 Å². The van der Waals surface area contributed by atoms with Gasteiger partial charge in [0.15, 0.2) is 0 Å². The number of benzene rings is 2. The largest absolute Gasteiger partial charge is 0.495 e. The van der Waals surface area contributed by atoms with Gasteiger partial charge in [-0.15, -0.1) is 0 Å². The van der Waals surface area contributed by atoms with E-state index in [1.807, 2.05) is 47.3 Å². The van der Waals surface area contributed by atoms with E-state index in [0.717, 1.165) is 34.9 Å². The van der Waals surface area contributed by atoms with Crippen LogP contribution in [-0.2, 0) is 11.3 Å². The Morgan fingerprint density at radius 2 is 1.93 bits per heavy atom. The summed E-state index contributed by atoms with van der Waals surface area (Å²) in [6, 6.07) is 16.4. The number of nitrogens with one attached hydrogen (secondary N) is 2. The number of ether oxygens (including phenoxy) is 2. The number of rotatable bonds is 9. The minimum atomic E-state index is 0.286. The van der Waals surface area contributed by atoms with Crippen LogP contribution in [0.25, 0.3) is 5.69 Å². The molecule has 1 atom stereocenters. The van der Waals surface area contributed by atoms with Crippen molar-refractivity contribution in [2.45, 2.75) is 19.5 Å². The molecule has 1 aromatic heterocycles. The first-order valence-electron chi connectivity index (χ1n) is 8.96. The predicted molar refractivity (Wildman–Crippen MR) is 108 cm³/mol. The lowest BCUT2D eigenvalue weighted by Gasteiger charge is -2.17. The molecular formula is C21H26N4O2. The average Bonchev–Trinajstić information content (AvgIpc) is 3.22. The van der Waals surface area contributed by atoms with E-state index in [2.05, 4.69) is 34.8 Å². The van der Waals surface area contributed by atoms with Gasteiger partial charge in [0.25, 0.3) is 0 Å². The molecule has 1 unspecified atom stereocenters. The maximum Gasteiger partial charge on any atom is 0.142 e. The molecule has 27 heavy (non-hydrogen) atoms. The molecule has 0 aliphatic carbocycles. The zero-order valence-electron chi connectivity index (χ0n) is 16.0. The molecule has 2 aromatic carbocycles. The lowest BCUT2D eigenvalue weighted by molar-refractivity contribution is 0.171. The van der Waals surface area contributed by atoms with Crippen molar-refractivity contribution in [1.29, 1.82) is 0 Å². The topological polar surface area (TPSA) is 60.3 Å². The molecule has 3 aromatic rings. The van der Waals surface area contributed by atoms with E-state index in [4.69, 9.17) is 9.47 Å². The van der Waals surface area contributed by atoms with Crippen LogP contribution in [0.4, 0.5) is 11.4 Å². The number of hydrogen-bond donors (Lipinski definition) is 2. The normalized spacial score (nSPS) is 12.0. The zero-order chi connectivity index (χ0) is 19.1. The van der Waals surface area contributed by atoms with Crippen molar-refractivity contribution >= 4 is 11.4 Å². The van der Waals surface area contributed by atoms with Crippen molar-refractivity contribution in [2.75, 3.05) is 26.1 Å². The molecule has 0 aliphatic rings. The van der Waals surface area contributed by atoms with Crippen molar-refractivity contribution in [3.63, 3.8) is 0 Å².